The van der Waals surface area contributed by atoms with Crippen LogP contribution in [0.1, 0.15) is 16.2 Å². The summed E-state index contributed by atoms with van der Waals surface area (Å²) in [5.41, 5.74) is 2.12. The zero-order chi connectivity index (χ0) is 15.4. The number of hydrogen-bond donors (Lipinski definition) is 1. The molecule has 0 saturated carbocycles. The Morgan fingerprint density at radius 3 is 2.73 bits per heavy atom. The molecule has 3 aromatic rings. The Kier molecular flexibility index (Phi) is 3.85. The van der Waals surface area contributed by atoms with E-state index in [2.05, 4.69) is 20.3 Å². The fourth-order valence-electron chi connectivity index (χ4n) is 1.79. The van der Waals surface area contributed by atoms with E-state index in [1.54, 1.807) is 29.9 Å². The molecule has 106 valence electrons. The number of carbonyl (C=O) groups is 1. The molecule has 3 heterocycles. The highest BCUT2D eigenvalue weighted by Gasteiger charge is 2.11. The van der Waals surface area contributed by atoms with Gasteiger partial charge in [-0.1, -0.05) is 6.07 Å². The fourth-order valence-corrected chi connectivity index (χ4v) is 2.42. The molecule has 0 atom stereocenters. The Labute approximate surface area is 130 Å². The maximum atomic E-state index is 12.2. The van der Waals surface area contributed by atoms with Crippen LogP contribution in [0.2, 0.25) is 0 Å². The average Bonchev–Trinajstić information content (AvgIpc) is 3.03. The van der Waals surface area contributed by atoms with Gasteiger partial charge in [0, 0.05) is 23.3 Å². The summed E-state index contributed by atoms with van der Waals surface area (Å²) < 4.78 is 0. The third-order valence-electron chi connectivity index (χ3n) is 2.80. The lowest BCUT2D eigenvalue weighted by Gasteiger charge is -2.04. The Hall–Kier alpha value is -3.11. The minimum absolute atomic E-state index is 0.277. The van der Waals surface area contributed by atoms with Crippen molar-refractivity contribution in [3.05, 3.63) is 59.5 Å². The highest BCUT2D eigenvalue weighted by molar-refractivity contribution is 7.14. The Morgan fingerprint density at radius 2 is 2.00 bits per heavy atom. The molecule has 0 fully saturated rings. The maximum absolute atomic E-state index is 12.2. The van der Waals surface area contributed by atoms with Gasteiger partial charge in [-0.15, -0.1) is 11.3 Å². The molecule has 0 unspecified atom stereocenters. The van der Waals surface area contributed by atoms with Gasteiger partial charge in [0.2, 0.25) is 0 Å². The van der Waals surface area contributed by atoms with Gasteiger partial charge in [-0.25, -0.2) is 9.97 Å². The first kappa shape index (κ1) is 13.9. The maximum Gasteiger partial charge on any atom is 0.276 e. The lowest BCUT2D eigenvalue weighted by molar-refractivity contribution is 0.102. The summed E-state index contributed by atoms with van der Waals surface area (Å²) >= 11 is 1.20. The van der Waals surface area contributed by atoms with E-state index in [1.165, 1.54) is 11.3 Å². The lowest BCUT2D eigenvalue weighted by Crippen LogP contribution is -2.13. The second kappa shape index (κ2) is 6.11. The first-order valence-corrected chi connectivity index (χ1v) is 7.18. The molecule has 0 aliphatic carbocycles. The van der Waals surface area contributed by atoms with E-state index >= 15 is 0 Å². The molecular formula is C15H9N5OS. The van der Waals surface area contributed by atoms with Crippen LogP contribution in [-0.4, -0.2) is 20.9 Å². The smallest absolute Gasteiger partial charge is 0.276 e. The third-order valence-corrected chi connectivity index (χ3v) is 3.55. The normalized spacial score (nSPS) is 9.95. The molecule has 6 nitrogen and oxygen atoms in total. The van der Waals surface area contributed by atoms with E-state index < -0.39 is 0 Å². The largest absolute Gasteiger partial charge is 0.296 e. The SMILES string of the molecule is N#Cc1csc(NC(=O)c2cccc(-c3ccncc3)n2)n1. The van der Waals surface area contributed by atoms with Crippen LogP contribution in [0.15, 0.2) is 48.1 Å². The van der Waals surface area contributed by atoms with Crippen molar-refractivity contribution in [2.24, 2.45) is 0 Å². The second-order valence-corrected chi connectivity index (χ2v) is 5.11. The molecule has 0 spiro atoms. The van der Waals surface area contributed by atoms with Crippen molar-refractivity contribution in [2.75, 3.05) is 5.32 Å². The number of nitrogens with zero attached hydrogens (tertiary/aromatic N) is 4. The predicted molar refractivity (Wildman–Crippen MR) is 82.3 cm³/mol. The van der Waals surface area contributed by atoms with Gasteiger partial charge >= 0.3 is 0 Å². The van der Waals surface area contributed by atoms with Gasteiger partial charge in [-0.2, -0.15) is 5.26 Å². The molecule has 7 heteroatoms. The number of amides is 1. The quantitative estimate of drug-likeness (QED) is 0.803. The highest BCUT2D eigenvalue weighted by Crippen LogP contribution is 2.18. The first-order chi connectivity index (χ1) is 10.8. The van der Waals surface area contributed by atoms with E-state index in [-0.39, 0.29) is 17.3 Å². The summed E-state index contributed by atoms with van der Waals surface area (Å²) in [4.78, 5) is 24.4. The molecule has 22 heavy (non-hydrogen) atoms. The standard InChI is InChI=1S/C15H9N5OS/c16-8-11-9-22-15(18-11)20-14(21)13-3-1-2-12(19-13)10-4-6-17-7-5-10/h1-7,9H,(H,18,20,21). The monoisotopic (exact) mass is 307 g/mol. The Morgan fingerprint density at radius 1 is 1.18 bits per heavy atom. The van der Waals surface area contributed by atoms with Crippen LogP contribution in [0.5, 0.6) is 0 Å². The molecule has 0 saturated heterocycles. The number of pyridine rings is 2. The molecular weight excluding hydrogens is 298 g/mol. The molecule has 0 bridgehead atoms. The molecule has 1 N–H and O–H groups in total. The van der Waals surface area contributed by atoms with Crippen molar-refractivity contribution in [3.8, 4) is 17.3 Å². The van der Waals surface area contributed by atoms with Crippen molar-refractivity contribution in [1.82, 2.24) is 15.0 Å². The number of rotatable bonds is 3. The van der Waals surface area contributed by atoms with E-state index in [9.17, 15) is 4.79 Å². The Balaban J connectivity index is 1.83. The number of thiazole rings is 1. The number of carbonyl (C=O) groups excluding carboxylic acids is 1. The van der Waals surface area contributed by atoms with Crippen LogP contribution in [0, 0.1) is 11.3 Å². The van der Waals surface area contributed by atoms with Crippen LogP contribution in [0.4, 0.5) is 5.13 Å². The van der Waals surface area contributed by atoms with Gasteiger partial charge in [0.05, 0.1) is 5.69 Å². The van der Waals surface area contributed by atoms with Crippen molar-refractivity contribution >= 4 is 22.4 Å². The van der Waals surface area contributed by atoms with E-state index in [0.717, 1.165) is 5.56 Å². The summed E-state index contributed by atoms with van der Waals surface area (Å²) in [6, 6.07) is 10.8. The molecule has 3 rings (SSSR count). The van der Waals surface area contributed by atoms with Gasteiger partial charge in [0.1, 0.15) is 11.8 Å². The van der Waals surface area contributed by atoms with Gasteiger partial charge in [-0.3, -0.25) is 15.1 Å². The highest BCUT2D eigenvalue weighted by atomic mass is 32.1. The fraction of sp³-hybridized carbons (Fsp3) is 0. The molecule has 3 aromatic heterocycles. The minimum Gasteiger partial charge on any atom is -0.296 e. The average molecular weight is 307 g/mol. The van der Waals surface area contributed by atoms with E-state index in [0.29, 0.717) is 10.8 Å². The van der Waals surface area contributed by atoms with Crippen LogP contribution in [0.3, 0.4) is 0 Å². The van der Waals surface area contributed by atoms with Gasteiger partial charge < -0.3 is 0 Å². The number of aromatic nitrogens is 3. The van der Waals surface area contributed by atoms with Crippen molar-refractivity contribution in [1.29, 1.82) is 5.26 Å². The van der Waals surface area contributed by atoms with Gasteiger partial charge in [0.25, 0.3) is 5.91 Å². The zero-order valence-electron chi connectivity index (χ0n) is 11.2. The van der Waals surface area contributed by atoms with Crippen molar-refractivity contribution in [3.63, 3.8) is 0 Å². The van der Waals surface area contributed by atoms with Crippen molar-refractivity contribution < 1.29 is 4.79 Å². The zero-order valence-corrected chi connectivity index (χ0v) is 12.0. The van der Waals surface area contributed by atoms with E-state index in [4.69, 9.17) is 5.26 Å². The van der Waals surface area contributed by atoms with Crippen LogP contribution >= 0.6 is 11.3 Å². The number of nitriles is 1. The topological polar surface area (TPSA) is 91.6 Å². The number of hydrogen-bond acceptors (Lipinski definition) is 6. The second-order valence-electron chi connectivity index (χ2n) is 4.25. The summed E-state index contributed by atoms with van der Waals surface area (Å²) in [7, 11) is 0. The molecule has 0 aliphatic heterocycles. The van der Waals surface area contributed by atoms with Crippen LogP contribution in [0.25, 0.3) is 11.3 Å². The van der Waals surface area contributed by atoms with Crippen molar-refractivity contribution in [2.45, 2.75) is 0 Å². The molecule has 0 radical (unpaired) electrons. The van der Waals surface area contributed by atoms with Crippen LogP contribution in [-0.2, 0) is 0 Å². The van der Waals surface area contributed by atoms with Gasteiger partial charge in [-0.05, 0) is 24.3 Å². The molecule has 0 aromatic carbocycles. The van der Waals surface area contributed by atoms with Gasteiger partial charge in [0.15, 0.2) is 10.8 Å². The predicted octanol–water partition coefficient (Wildman–Crippen LogP) is 2.72. The summed E-state index contributed by atoms with van der Waals surface area (Å²) in [6.07, 6.45) is 3.34. The summed E-state index contributed by atoms with van der Waals surface area (Å²) in [6.45, 7) is 0. The van der Waals surface area contributed by atoms with E-state index in [1.807, 2.05) is 24.3 Å². The summed E-state index contributed by atoms with van der Waals surface area (Å²) in [5.74, 6) is -0.366. The molecule has 1 amide bonds. The Bertz CT molecular complexity index is 854. The lowest BCUT2D eigenvalue weighted by atomic mass is 10.1. The molecule has 0 aliphatic rings. The minimum atomic E-state index is -0.366. The summed E-state index contributed by atoms with van der Waals surface area (Å²) in [5, 5.41) is 13.3. The first-order valence-electron chi connectivity index (χ1n) is 6.31. The third kappa shape index (κ3) is 2.97. The van der Waals surface area contributed by atoms with Crippen LogP contribution < -0.4 is 5.32 Å². The number of anilines is 1. The number of nitrogens with one attached hydrogen (secondary N) is 1.